The molecule has 0 radical (unpaired) electrons. The van der Waals surface area contributed by atoms with Crippen molar-refractivity contribution in [1.29, 1.82) is 0 Å². The van der Waals surface area contributed by atoms with Crippen LogP contribution in [0.1, 0.15) is 43.1 Å². The fourth-order valence-electron chi connectivity index (χ4n) is 2.01. The Morgan fingerprint density at radius 1 is 1.38 bits per heavy atom. The number of benzene rings is 1. The van der Waals surface area contributed by atoms with Crippen LogP contribution in [0.25, 0.3) is 0 Å². The number of para-hydroxylation sites is 1. The van der Waals surface area contributed by atoms with Gasteiger partial charge in [-0.25, -0.2) is 0 Å². The lowest BCUT2D eigenvalue weighted by Gasteiger charge is -2.17. The third-order valence-electron chi connectivity index (χ3n) is 2.71. The summed E-state index contributed by atoms with van der Waals surface area (Å²) in [6, 6.07) is 5.86. The minimum atomic E-state index is 0.0262. The van der Waals surface area contributed by atoms with E-state index in [0.29, 0.717) is 13.0 Å². The quantitative estimate of drug-likeness (QED) is 0.712. The van der Waals surface area contributed by atoms with Gasteiger partial charge in [0.1, 0.15) is 5.75 Å². The molecule has 0 N–H and O–H groups in total. The lowest BCUT2D eigenvalue weighted by Crippen LogP contribution is -2.13. The molecule has 1 aromatic carbocycles. The molecule has 0 unspecified atom stereocenters. The molecule has 0 atom stereocenters. The van der Waals surface area contributed by atoms with Gasteiger partial charge in [-0.1, -0.05) is 32.9 Å². The number of carbonyl (C=O) groups is 1. The van der Waals surface area contributed by atoms with Gasteiger partial charge >= 0.3 is 0 Å². The molecule has 0 fully saturated rings. The number of hydrogen-bond acceptors (Lipinski definition) is 2. The Morgan fingerprint density at radius 3 is 2.81 bits per heavy atom. The van der Waals surface area contributed by atoms with Crippen LogP contribution in [0.3, 0.4) is 0 Å². The molecule has 2 heteroatoms. The van der Waals surface area contributed by atoms with Crippen LogP contribution in [-0.4, -0.2) is 12.4 Å². The van der Waals surface area contributed by atoms with Gasteiger partial charge in [0.05, 0.1) is 12.2 Å². The van der Waals surface area contributed by atoms with Crippen LogP contribution in [-0.2, 0) is 6.42 Å². The average molecular weight is 218 g/mol. The summed E-state index contributed by atoms with van der Waals surface area (Å²) in [6.07, 6.45) is 1.48. The summed E-state index contributed by atoms with van der Waals surface area (Å²) in [7, 11) is 0. The Morgan fingerprint density at radius 2 is 2.12 bits per heavy atom. The Labute approximate surface area is 96.6 Å². The summed E-state index contributed by atoms with van der Waals surface area (Å²) in [5.41, 5.74) is 1.95. The number of carbonyl (C=O) groups excluding carboxylic acids is 1. The molecule has 0 saturated carbocycles. The number of fused-ring (bicyclic) bond motifs is 1. The van der Waals surface area contributed by atoms with Gasteiger partial charge in [0.15, 0.2) is 5.78 Å². The van der Waals surface area contributed by atoms with E-state index in [0.717, 1.165) is 17.7 Å². The second-order valence-corrected chi connectivity index (χ2v) is 5.55. The van der Waals surface area contributed by atoms with E-state index in [9.17, 15) is 4.79 Å². The molecule has 0 aliphatic carbocycles. The van der Waals surface area contributed by atoms with E-state index in [1.54, 1.807) is 0 Å². The van der Waals surface area contributed by atoms with Crippen molar-refractivity contribution in [3.63, 3.8) is 0 Å². The lowest BCUT2D eigenvalue weighted by molar-refractivity contribution is 0.0937. The molecule has 0 saturated heterocycles. The molecule has 2 rings (SSSR count). The largest absolute Gasteiger partial charge is 0.492 e. The Balaban J connectivity index is 2.28. The highest BCUT2D eigenvalue weighted by Crippen LogP contribution is 2.32. The zero-order chi connectivity index (χ0) is 11.8. The number of ether oxygens (including phenoxy) is 1. The van der Waals surface area contributed by atoms with E-state index >= 15 is 0 Å². The van der Waals surface area contributed by atoms with Gasteiger partial charge in [0.25, 0.3) is 0 Å². The molecule has 1 aromatic rings. The summed E-state index contributed by atoms with van der Waals surface area (Å²) in [6.45, 7) is 6.94. The highest BCUT2D eigenvalue weighted by Gasteiger charge is 2.23. The van der Waals surface area contributed by atoms with Crippen LogP contribution >= 0.6 is 0 Å². The fraction of sp³-hybridized carbons (Fsp3) is 0.500. The van der Waals surface area contributed by atoms with Gasteiger partial charge < -0.3 is 4.74 Å². The maximum absolute atomic E-state index is 12.1. The maximum Gasteiger partial charge on any atom is 0.167 e. The minimum Gasteiger partial charge on any atom is -0.492 e. The van der Waals surface area contributed by atoms with E-state index in [1.165, 1.54) is 5.56 Å². The first kappa shape index (κ1) is 11.2. The van der Waals surface area contributed by atoms with Gasteiger partial charge in [0.2, 0.25) is 0 Å². The van der Waals surface area contributed by atoms with Crippen LogP contribution in [0.15, 0.2) is 18.2 Å². The Kier molecular flexibility index (Phi) is 2.75. The highest BCUT2D eigenvalue weighted by atomic mass is 16.5. The molecule has 16 heavy (non-hydrogen) atoms. The normalized spacial score (nSPS) is 14.4. The SMILES string of the molecule is CC(C)(C)CC(=O)c1cccc2c1OCC2. The molecule has 86 valence electrons. The van der Waals surface area contributed by atoms with Crippen molar-refractivity contribution in [3.05, 3.63) is 29.3 Å². The summed E-state index contributed by atoms with van der Waals surface area (Å²) < 4.78 is 5.54. The molecular weight excluding hydrogens is 200 g/mol. The summed E-state index contributed by atoms with van der Waals surface area (Å²) in [5, 5.41) is 0. The summed E-state index contributed by atoms with van der Waals surface area (Å²) in [5.74, 6) is 1.00. The van der Waals surface area contributed by atoms with Crippen LogP contribution in [0.2, 0.25) is 0 Å². The second-order valence-electron chi connectivity index (χ2n) is 5.55. The predicted molar refractivity (Wildman–Crippen MR) is 64.0 cm³/mol. The molecule has 0 aromatic heterocycles. The van der Waals surface area contributed by atoms with Crippen molar-refractivity contribution in [2.24, 2.45) is 5.41 Å². The molecule has 1 heterocycles. The molecule has 1 aliphatic heterocycles. The fourth-order valence-corrected chi connectivity index (χ4v) is 2.01. The van der Waals surface area contributed by atoms with Crippen molar-refractivity contribution in [2.75, 3.05) is 6.61 Å². The third kappa shape index (κ3) is 2.26. The zero-order valence-electron chi connectivity index (χ0n) is 10.2. The standard InChI is InChI=1S/C14H18O2/c1-14(2,3)9-12(15)11-6-4-5-10-7-8-16-13(10)11/h4-6H,7-9H2,1-3H3. The zero-order valence-corrected chi connectivity index (χ0v) is 10.2. The van der Waals surface area contributed by atoms with E-state index in [-0.39, 0.29) is 11.2 Å². The van der Waals surface area contributed by atoms with Crippen LogP contribution in [0.4, 0.5) is 0 Å². The van der Waals surface area contributed by atoms with Crippen LogP contribution in [0, 0.1) is 5.41 Å². The monoisotopic (exact) mass is 218 g/mol. The van der Waals surface area contributed by atoms with Crippen LogP contribution < -0.4 is 4.74 Å². The Bertz CT molecular complexity index is 413. The number of rotatable bonds is 2. The smallest absolute Gasteiger partial charge is 0.167 e. The van der Waals surface area contributed by atoms with Gasteiger partial charge in [0, 0.05) is 12.8 Å². The number of hydrogen-bond donors (Lipinski definition) is 0. The predicted octanol–water partition coefficient (Wildman–Crippen LogP) is 3.24. The van der Waals surface area contributed by atoms with Crippen molar-refractivity contribution in [2.45, 2.75) is 33.6 Å². The van der Waals surface area contributed by atoms with E-state index in [1.807, 2.05) is 18.2 Å². The van der Waals surface area contributed by atoms with Crippen molar-refractivity contribution < 1.29 is 9.53 Å². The molecule has 0 amide bonds. The van der Waals surface area contributed by atoms with E-state index < -0.39 is 0 Å². The third-order valence-corrected chi connectivity index (χ3v) is 2.71. The van der Waals surface area contributed by atoms with Crippen molar-refractivity contribution >= 4 is 5.78 Å². The number of Topliss-reactive ketones (excluding diaryl/α,β-unsaturated/α-hetero) is 1. The topological polar surface area (TPSA) is 26.3 Å². The molecule has 2 nitrogen and oxygen atoms in total. The number of ketones is 1. The summed E-state index contributed by atoms with van der Waals surface area (Å²) in [4.78, 5) is 12.1. The van der Waals surface area contributed by atoms with Gasteiger partial charge in [-0.05, 0) is 17.0 Å². The molecular formula is C14H18O2. The molecule has 0 bridgehead atoms. The maximum atomic E-state index is 12.1. The molecule has 0 spiro atoms. The minimum absolute atomic E-state index is 0.0262. The van der Waals surface area contributed by atoms with Crippen molar-refractivity contribution in [1.82, 2.24) is 0 Å². The Hall–Kier alpha value is -1.31. The average Bonchev–Trinajstić information content (AvgIpc) is 2.61. The van der Waals surface area contributed by atoms with Gasteiger partial charge in [-0.2, -0.15) is 0 Å². The van der Waals surface area contributed by atoms with E-state index in [4.69, 9.17) is 4.74 Å². The summed E-state index contributed by atoms with van der Waals surface area (Å²) >= 11 is 0. The van der Waals surface area contributed by atoms with Crippen molar-refractivity contribution in [3.8, 4) is 5.75 Å². The first-order valence-corrected chi connectivity index (χ1v) is 5.75. The second kappa shape index (κ2) is 3.93. The highest BCUT2D eigenvalue weighted by molar-refractivity contribution is 5.99. The van der Waals surface area contributed by atoms with E-state index in [2.05, 4.69) is 20.8 Å². The molecule has 1 aliphatic rings. The van der Waals surface area contributed by atoms with Gasteiger partial charge in [-0.3, -0.25) is 4.79 Å². The first-order chi connectivity index (χ1) is 7.47. The lowest BCUT2D eigenvalue weighted by atomic mass is 9.87. The van der Waals surface area contributed by atoms with Gasteiger partial charge in [-0.15, -0.1) is 0 Å². The first-order valence-electron chi connectivity index (χ1n) is 5.75. The van der Waals surface area contributed by atoms with Crippen LogP contribution in [0.5, 0.6) is 5.75 Å².